The first-order valence-electron chi connectivity index (χ1n) is 5.07. The summed E-state index contributed by atoms with van der Waals surface area (Å²) in [6, 6.07) is 5.95. The van der Waals surface area contributed by atoms with Crippen LogP contribution in [0.2, 0.25) is 0 Å². The Bertz CT molecular complexity index is 496. The minimum absolute atomic E-state index is 0.710. The topological polar surface area (TPSA) is 22.1 Å². The molecule has 0 radical (unpaired) electrons. The molecule has 84 valence electrons. The molecular formula is C12H12BrNOS. The Hall–Kier alpha value is -0.870. The highest BCUT2D eigenvalue weighted by Crippen LogP contribution is 2.29. The Morgan fingerprint density at radius 3 is 2.88 bits per heavy atom. The lowest BCUT2D eigenvalue weighted by Gasteiger charge is -2.05. The molecule has 0 amide bonds. The fourth-order valence-electron chi connectivity index (χ4n) is 1.32. The van der Waals surface area contributed by atoms with E-state index < -0.39 is 0 Å². The standard InChI is InChI=1S/C12H12BrNOS/c1-3-10-7-16-12(14-10)15-11-5-4-9(13)6-8(11)2/h4-7H,3H2,1-2H3. The summed E-state index contributed by atoms with van der Waals surface area (Å²) < 4.78 is 6.79. The van der Waals surface area contributed by atoms with E-state index in [1.807, 2.05) is 30.5 Å². The van der Waals surface area contributed by atoms with Gasteiger partial charge in [0.2, 0.25) is 0 Å². The molecule has 2 rings (SSSR count). The summed E-state index contributed by atoms with van der Waals surface area (Å²) in [5, 5.41) is 2.74. The highest BCUT2D eigenvalue weighted by Gasteiger charge is 2.05. The lowest BCUT2D eigenvalue weighted by molar-refractivity contribution is 0.473. The molecule has 0 aliphatic carbocycles. The maximum atomic E-state index is 5.73. The van der Waals surface area contributed by atoms with Gasteiger partial charge in [0.05, 0.1) is 5.69 Å². The number of rotatable bonds is 3. The van der Waals surface area contributed by atoms with Crippen LogP contribution in [0.15, 0.2) is 28.1 Å². The molecule has 1 aromatic heterocycles. The first kappa shape index (κ1) is 11.6. The number of hydrogen-bond donors (Lipinski definition) is 0. The minimum atomic E-state index is 0.710. The number of hydrogen-bond acceptors (Lipinski definition) is 3. The van der Waals surface area contributed by atoms with Gasteiger partial charge in [-0.1, -0.05) is 34.2 Å². The zero-order chi connectivity index (χ0) is 11.5. The van der Waals surface area contributed by atoms with Gasteiger partial charge in [0.15, 0.2) is 0 Å². The van der Waals surface area contributed by atoms with Crippen molar-refractivity contribution in [1.82, 2.24) is 4.98 Å². The Morgan fingerprint density at radius 2 is 2.25 bits per heavy atom. The molecule has 2 nitrogen and oxygen atoms in total. The highest BCUT2D eigenvalue weighted by atomic mass is 79.9. The smallest absolute Gasteiger partial charge is 0.278 e. The van der Waals surface area contributed by atoms with Crippen molar-refractivity contribution in [3.05, 3.63) is 39.3 Å². The third-order valence-corrected chi connectivity index (χ3v) is 3.49. The fourth-order valence-corrected chi connectivity index (χ4v) is 2.56. The van der Waals surface area contributed by atoms with Gasteiger partial charge in [0, 0.05) is 9.85 Å². The predicted octanol–water partition coefficient (Wildman–Crippen LogP) is 4.57. The summed E-state index contributed by atoms with van der Waals surface area (Å²) in [7, 11) is 0. The van der Waals surface area contributed by atoms with E-state index in [0.29, 0.717) is 5.19 Å². The first-order chi connectivity index (χ1) is 7.69. The molecule has 0 spiro atoms. The van der Waals surface area contributed by atoms with Crippen LogP contribution < -0.4 is 4.74 Å². The summed E-state index contributed by atoms with van der Waals surface area (Å²) in [4.78, 5) is 4.37. The zero-order valence-corrected chi connectivity index (χ0v) is 11.6. The molecule has 1 heterocycles. The van der Waals surface area contributed by atoms with Crippen LogP contribution in [0.3, 0.4) is 0 Å². The number of benzene rings is 1. The quantitative estimate of drug-likeness (QED) is 0.828. The Kier molecular flexibility index (Phi) is 3.61. The van der Waals surface area contributed by atoms with Crippen LogP contribution in [-0.2, 0) is 6.42 Å². The summed E-state index contributed by atoms with van der Waals surface area (Å²) >= 11 is 4.97. The molecule has 0 aliphatic rings. The molecule has 1 aromatic carbocycles. The molecule has 16 heavy (non-hydrogen) atoms. The van der Waals surface area contributed by atoms with Crippen molar-refractivity contribution >= 4 is 27.3 Å². The van der Waals surface area contributed by atoms with Crippen molar-refractivity contribution in [2.75, 3.05) is 0 Å². The maximum absolute atomic E-state index is 5.73. The van der Waals surface area contributed by atoms with E-state index in [1.165, 1.54) is 11.3 Å². The minimum Gasteiger partial charge on any atom is -0.431 e. The van der Waals surface area contributed by atoms with Gasteiger partial charge in [-0.05, 0) is 37.1 Å². The predicted molar refractivity (Wildman–Crippen MR) is 70.4 cm³/mol. The van der Waals surface area contributed by atoms with Gasteiger partial charge in [0.25, 0.3) is 5.19 Å². The van der Waals surface area contributed by atoms with Crippen LogP contribution in [0.5, 0.6) is 10.9 Å². The summed E-state index contributed by atoms with van der Waals surface area (Å²) in [6.07, 6.45) is 0.944. The number of ether oxygens (including phenoxy) is 1. The number of aromatic nitrogens is 1. The van der Waals surface area contributed by atoms with Crippen molar-refractivity contribution in [1.29, 1.82) is 0 Å². The third-order valence-electron chi connectivity index (χ3n) is 2.23. The number of halogens is 1. The van der Waals surface area contributed by atoms with Gasteiger partial charge < -0.3 is 4.74 Å². The average Bonchev–Trinajstić information content (AvgIpc) is 2.70. The lowest BCUT2D eigenvalue weighted by Crippen LogP contribution is -1.87. The Balaban J connectivity index is 2.20. The van der Waals surface area contributed by atoms with E-state index in [0.717, 1.165) is 27.9 Å². The fraction of sp³-hybridized carbons (Fsp3) is 0.250. The van der Waals surface area contributed by atoms with Gasteiger partial charge in [-0.15, -0.1) is 0 Å². The van der Waals surface area contributed by atoms with Gasteiger partial charge in [-0.25, -0.2) is 4.98 Å². The zero-order valence-electron chi connectivity index (χ0n) is 9.16. The second-order valence-corrected chi connectivity index (χ2v) is 5.21. The number of thiazole rings is 1. The molecule has 0 saturated heterocycles. The van der Waals surface area contributed by atoms with Crippen LogP contribution in [0.4, 0.5) is 0 Å². The van der Waals surface area contributed by atoms with E-state index in [9.17, 15) is 0 Å². The highest BCUT2D eigenvalue weighted by molar-refractivity contribution is 9.10. The van der Waals surface area contributed by atoms with Crippen LogP contribution in [0.25, 0.3) is 0 Å². The van der Waals surface area contributed by atoms with E-state index in [2.05, 4.69) is 27.8 Å². The van der Waals surface area contributed by atoms with Crippen molar-refractivity contribution in [3.8, 4) is 10.9 Å². The van der Waals surface area contributed by atoms with Gasteiger partial charge in [-0.2, -0.15) is 0 Å². The van der Waals surface area contributed by atoms with Crippen LogP contribution >= 0.6 is 27.3 Å². The second kappa shape index (κ2) is 4.97. The Morgan fingerprint density at radius 1 is 1.44 bits per heavy atom. The van der Waals surface area contributed by atoms with Crippen LogP contribution in [-0.4, -0.2) is 4.98 Å². The monoisotopic (exact) mass is 297 g/mol. The summed E-state index contributed by atoms with van der Waals surface area (Å²) in [6.45, 7) is 4.11. The molecule has 0 unspecified atom stereocenters. The summed E-state index contributed by atoms with van der Waals surface area (Å²) in [5.41, 5.74) is 2.18. The van der Waals surface area contributed by atoms with Crippen LogP contribution in [0, 0.1) is 6.92 Å². The molecular weight excluding hydrogens is 286 g/mol. The molecule has 0 N–H and O–H groups in total. The van der Waals surface area contributed by atoms with E-state index in [1.54, 1.807) is 0 Å². The average molecular weight is 298 g/mol. The molecule has 2 aromatic rings. The van der Waals surface area contributed by atoms with E-state index in [4.69, 9.17) is 4.74 Å². The van der Waals surface area contributed by atoms with Crippen LogP contribution in [0.1, 0.15) is 18.2 Å². The third kappa shape index (κ3) is 2.62. The molecule has 0 aliphatic heterocycles. The van der Waals surface area contributed by atoms with Crippen molar-refractivity contribution in [2.24, 2.45) is 0 Å². The SMILES string of the molecule is CCc1csc(Oc2ccc(Br)cc2C)n1. The second-order valence-electron chi connectivity index (χ2n) is 3.47. The summed E-state index contributed by atoms with van der Waals surface area (Å²) in [5.74, 6) is 0.861. The van der Waals surface area contributed by atoms with Gasteiger partial charge in [-0.3, -0.25) is 0 Å². The van der Waals surface area contributed by atoms with Crippen molar-refractivity contribution < 1.29 is 4.74 Å². The largest absolute Gasteiger partial charge is 0.431 e. The normalized spacial score (nSPS) is 10.4. The molecule has 0 atom stereocenters. The van der Waals surface area contributed by atoms with E-state index >= 15 is 0 Å². The van der Waals surface area contributed by atoms with Gasteiger partial charge in [0.1, 0.15) is 5.75 Å². The molecule has 0 bridgehead atoms. The van der Waals surface area contributed by atoms with Crippen molar-refractivity contribution in [3.63, 3.8) is 0 Å². The molecule has 0 fully saturated rings. The molecule has 4 heteroatoms. The number of aryl methyl sites for hydroxylation is 2. The van der Waals surface area contributed by atoms with E-state index in [-0.39, 0.29) is 0 Å². The Labute approximate surface area is 107 Å². The lowest BCUT2D eigenvalue weighted by atomic mass is 10.2. The number of nitrogens with zero attached hydrogens (tertiary/aromatic N) is 1. The first-order valence-corrected chi connectivity index (χ1v) is 6.74. The maximum Gasteiger partial charge on any atom is 0.278 e. The van der Waals surface area contributed by atoms with Gasteiger partial charge >= 0.3 is 0 Å². The molecule has 0 saturated carbocycles. The van der Waals surface area contributed by atoms with Crippen molar-refractivity contribution in [2.45, 2.75) is 20.3 Å².